The van der Waals surface area contributed by atoms with Crippen LogP contribution in [-0.4, -0.2) is 52.6 Å². The van der Waals surface area contributed by atoms with E-state index in [0.717, 1.165) is 0 Å². The number of rotatable bonds is 1. The topological polar surface area (TPSA) is 72.7 Å². The van der Waals surface area contributed by atoms with Gasteiger partial charge in [-0.05, 0) is 0 Å². The van der Waals surface area contributed by atoms with Gasteiger partial charge in [0.2, 0.25) is 0 Å². The third kappa shape index (κ3) is 1.42. The Morgan fingerprint density at radius 2 is 2.00 bits per heavy atom. The van der Waals surface area contributed by atoms with Crippen LogP contribution in [-0.2, 0) is 0 Å². The summed E-state index contributed by atoms with van der Waals surface area (Å²) in [6.07, 6.45) is -3.93. The van der Waals surface area contributed by atoms with E-state index in [4.69, 9.17) is 15.3 Å². The summed E-state index contributed by atoms with van der Waals surface area (Å²) in [6.45, 7) is -0.904. The molecule has 0 aliphatic carbocycles. The van der Waals surface area contributed by atoms with E-state index in [9.17, 15) is 8.78 Å². The lowest BCUT2D eigenvalue weighted by molar-refractivity contribution is -0.204. The van der Waals surface area contributed by atoms with Crippen molar-refractivity contribution in [2.24, 2.45) is 0 Å². The van der Waals surface area contributed by atoms with Crippen LogP contribution in [0.2, 0.25) is 0 Å². The molecule has 0 spiro atoms. The summed E-state index contributed by atoms with van der Waals surface area (Å²) in [5.41, 5.74) is 0. The van der Waals surface area contributed by atoms with Gasteiger partial charge < -0.3 is 20.6 Å². The monoisotopic (exact) mass is 183 g/mol. The first-order chi connectivity index (χ1) is 5.50. The Morgan fingerprint density at radius 3 is 2.50 bits per heavy atom. The largest absolute Gasteiger partial charge is 0.395 e. The Balaban J connectivity index is 2.71. The number of halogens is 2. The minimum atomic E-state index is -3.54. The van der Waals surface area contributed by atoms with Gasteiger partial charge in [-0.3, -0.25) is 0 Å². The molecule has 72 valence electrons. The molecule has 1 saturated heterocycles. The van der Waals surface area contributed by atoms with Crippen molar-refractivity contribution in [3.63, 3.8) is 0 Å². The average Bonchev–Trinajstić information content (AvgIpc) is 2.02. The molecule has 1 aliphatic heterocycles. The fourth-order valence-corrected chi connectivity index (χ4v) is 1.14. The molecule has 0 unspecified atom stereocenters. The van der Waals surface area contributed by atoms with Crippen molar-refractivity contribution in [1.82, 2.24) is 5.32 Å². The number of hydrogen-bond acceptors (Lipinski definition) is 4. The Kier molecular flexibility index (Phi) is 2.62. The molecule has 12 heavy (non-hydrogen) atoms. The highest BCUT2D eigenvalue weighted by Gasteiger charge is 2.52. The lowest BCUT2D eigenvalue weighted by Crippen LogP contribution is -2.64. The standard InChI is InChI=1S/C6H11F2NO3/c7-6(8)4(11)1-9-3(2-10)5(6)12/h3-5,9-12H,1-2H2/t3-,4-,5+/m0/s1. The number of piperidine rings is 1. The highest BCUT2D eigenvalue weighted by molar-refractivity contribution is 4.97. The van der Waals surface area contributed by atoms with Crippen molar-refractivity contribution < 1.29 is 24.1 Å². The van der Waals surface area contributed by atoms with Crippen LogP contribution in [0.5, 0.6) is 0 Å². The van der Waals surface area contributed by atoms with Crippen LogP contribution < -0.4 is 5.32 Å². The van der Waals surface area contributed by atoms with Gasteiger partial charge in [-0.15, -0.1) is 0 Å². The van der Waals surface area contributed by atoms with Crippen LogP contribution in [0, 0.1) is 0 Å². The zero-order valence-electron chi connectivity index (χ0n) is 6.24. The number of aliphatic hydroxyl groups is 3. The molecule has 4 N–H and O–H groups in total. The molecule has 1 aliphatic rings. The normalized spacial score (nSPS) is 41.2. The molecule has 3 atom stereocenters. The van der Waals surface area contributed by atoms with E-state index < -0.39 is 30.8 Å². The van der Waals surface area contributed by atoms with Crippen molar-refractivity contribution in [2.45, 2.75) is 24.2 Å². The molecule has 6 heteroatoms. The highest BCUT2D eigenvalue weighted by atomic mass is 19.3. The van der Waals surface area contributed by atoms with Crippen LogP contribution in [0.3, 0.4) is 0 Å². The summed E-state index contributed by atoms with van der Waals surface area (Å²) in [5, 5.41) is 28.6. The minimum absolute atomic E-state index is 0.324. The Labute approximate surface area is 67.8 Å². The maximum atomic E-state index is 12.8. The minimum Gasteiger partial charge on any atom is -0.395 e. The number of aliphatic hydroxyl groups excluding tert-OH is 3. The van der Waals surface area contributed by atoms with Crippen LogP contribution in [0.25, 0.3) is 0 Å². The van der Waals surface area contributed by atoms with E-state index in [-0.39, 0.29) is 6.54 Å². The fourth-order valence-electron chi connectivity index (χ4n) is 1.14. The van der Waals surface area contributed by atoms with Gasteiger partial charge in [-0.1, -0.05) is 0 Å². The summed E-state index contributed by atoms with van der Waals surface area (Å²) >= 11 is 0. The highest BCUT2D eigenvalue weighted by Crippen LogP contribution is 2.28. The quantitative estimate of drug-likeness (QED) is 0.391. The van der Waals surface area contributed by atoms with Gasteiger partial charge in [0, 0.05) is 6.54 Å². The van der Waals surface area contributed by atoms with Crippen molar-refractivity contribution in [3.05, 3.63) is 0 Å². The Morgan fingerprint density at radius 1 is 1.42 bits per heavy atom. The Hall–Kier alpha value is -0.300. The predicted octanol–water partition coefficient (Wildman–Crippen LogP) is -1.69. The summed E-state index contributed by atoms with van der Waals surface area (Å²) in [7, 11) is 0. The van der Waals surface area contributed by atoms with Crippen molar-refractivity contribution in [2.75, 3.05) is 13.2 Å². The van der Waals surface area contributed by atoms with Crippen molar-refractivity contribution in [3.8, 4) is 0 Å². The van der Waals surface area contributed by atoms with E-state index in [1.54, 1.807) is 0 Å². The van der Waals surface area contributed by atoms with E-state index in [0.29, 0.717) is 0 Å². The van der Waals surface area contributed by atoms with Gasteiger partial charge >= 0.3 is 5.92 Å². The molecule has 1 fully saturated rings. The van der Waals surface area contributed by atoms with Crippen molar-refractivity contribution in [1.29, 1.82) is 0 Å². The molecule has 1 heterocycles. The first-order valence-corrected chi connectivity index (χ1v) is 3.58. The summed E-state index contributed by atoms with van der Waals surface area (Å²) < 4.78 is 25.6. The number of nitrogens with one attached hydrogen (secondary N) is 1. The zero-order valence-corrected chi connectivity index (χ0v) is 6.24. The van der Waals surface area contributed by atoms with E-state index in [2.05, 4.69) is 5.32 Å². The molecule has 0 bridgehead atoms. The molecule has 0 aromatic rings. The lowest BCUT2D eigenvalue weighted by atomic mass is 9.95. The van der Waals surface area contributed by atoms with Gasteiger partial charge in [0.25, 0.3) is 0 Å². The third-order valence-electron chi connectivity index (χ3n) is 1.99. The van der Waals surface area contributed by atoms with Crippen LogP contribution in [0.4, 0.5) is 8.78 Å². The maximum Gasteiger partial charge on any atom is 0.301 e. The molecular weight excluding hydrogens is 172 g/mol. The zero-order chi connectivity index (χ0) is 9.35. The smallest absolute Gasteiger partial charge is 0.301 e. The van der Waals surface area contributed by atoms with Crippen LogP contribution in [0.15, 0.2) is 0 Å². The first kappa shape index (κ1) is 9.79. The van der Waals surface area contributed by atoms with Gasteiger partial charge in [-0.25, -0.2) is 8.78 Å². The van der Waals surface area contributed by atoms with Gasteiger partial charge in [-0.2, -0.15) is 0 Å². The second-order valence-electron chi connectivity index (χ2n) is 2.83. The lowest BCUT2D eigenvalue weighted by Gasteiger charge is -2.37. The summed E-state index contributed by atoms with van der Waals surface area (Å²) in [5.74, 6) is -3.54. The molecule has 4 nitrogen and oxygen atoms in total. The van der Waals surface area contributed by atoms with Crippen LogP contribution in [0.1, 0.15) is 0 Å². The molecule has 0 saturated carbocycles. The summed E-state index contributed by atoms with van der Waals surface area (Å²) in [4.78, 5) is 0. The second kappa shape index (κ2) is 3.21. The van der Waals surface area contributed by atoms with E-state index in [1.807, 2.05) is 0 Å². The SMILES string of the molecule is OC[C@@H]1NC[C@H](O)C(F)(F)[C@@H]1O. The molecule has 0 aromatic carbocycles. The third-order valence-corrected chi connectivity index (χ3v) is 1.99. The first-order valence-electron chi connectivity index (χ1n) is 3.58. The van der Waals surface area contributed by atoms with E-state index >= 15 is 0 Å². The Bertz CT molecular complexity index is 167. The average molecular weight is 183 g/mol. The number of hydrogen-bond donors (Lipinski definition) is 4. The van der Waals surface area contributed by atoms with Gasteiger partial charge in [0.1, 0.15) is 12.2 Å². The van der Waals surface area contributed by atoms with Gasteiger partial charge in [0.05, 0.1) is 12.6 Å². The molecular formula is C6H11F2NO3. The van der Waals surface area contributed by atoms with Crippen molar-refractivity contribution >= 4 is 0 Å². The van der Waals surface area contributed by atoms with E-state index in [1.165, 1.54) is 0 Å². The number of alkyl halides is 2. The van der Waals surface area contributed by atoms with Gasteiger partial charge in [0.15, 0.2) is 0 Å². The second-order valence-corrected chi connectivity index (χ2v) is 2.83. The predicted molar refractivity (Wildman–Crippen MR) is 35.8 cm³/mol. The molecule has 0 radical (unpaired) electrons. The fraction of sp³-hybridized carbons (Fsp3) is 1.00. The van der Waals surface area contributed by atoms with Crippen LogP contribution >= 0.6 is 0 Å². The molecule has 0 amide bonds. The molecule has 1 rings (SSSR count). The maximum absolute atomic E-state index is 12.8. The molecule has 0 aromatic heterocycles. The summed E-state index contributed by atoms with van der Waals surface area (Å²) in [6, 6.07) is -1.07. The number of β-amino-alcohol motifs (C(OH)–C–C–N with tert-alkyl or cyclic N) is 1.